The molecule has 0 atom stereocenters. The van der Waals surface area contributed by atoms with Crippen LogP contribution in [0.4, 0.5) is 5.82 Å². The molecule has 0 unspecified atom stereocenters. The minimum Gasteiger partial charge on any atom is -0.489 e. The maximum absolute atomic E-state index is 5.68. The molecule has 0 aliphatic heterocycles. The summed E-state index contributed by atoms with van der Waals surface area (Å²) >= 11 is 0. The number of nitrogen functional groups attached to an aromatic ring is 1. The van der Waals surface area contributed by atoms with Crippen molar-refractivity contribution in [1.82, 2.24) is 5.16 Å². The van der Waals surface area contributed by atoms with E-state index in [0.29, 0.717) is 18.0 Å². The Kier molecular flexibility index (Phi) is 2.61. The summed E-state index contributed by atoms with van der Waals surface area (Å²) < 4.78 is 10.8. The third-order valence-corrected chi connectivity index (χ3v) is 2.72. The molecule has 2 aromatic carbocycles. The van der Waals surface area contributed by atoms with E-state index in [2.05, 4.69) is 5.16 Å². The lowest BCUT2D eigenvalue weighted by Gasteiger charge is -2.05. The molecule has 0 radical (unpaired) electrons. The van der Waals surface area contributed by atoms with E-state index in [9.17, 15) is 0 Å². The Morgan fingerprint density at radius 2 is 1.94 bits per heavy atom. The highest BCUT2D eigenvalue weighted by atomic mass is 16.5. The first-order chi connectivity index (χ1) is 8.83. The van der Waals surface area contributed by atoms with Crippen LogP contribution in [0.2, 0.25) is 0 Å². The summed E-state index contributed by atoms with van der Waals surface area (Å²) in [6.07, 6.45) is 0. The van der Waals surface area contributed by atoms with Gasteiger partial charge in [0.15, 0.2) is 11.4 Å². The van der Waals surface area contributed by atoms with Crippen LogP contribution in [-0.2, 0) is 6.61 Å². The average Bonchev–Trinajstić information content (AvgIpc) is 2.79. The molecule has 0 spiro atoms. The van der Waals surface area contributed by atoms with E-state index < -0.39 is 0 Å². The third-order valence-electron chi connectivity index (χ3n) is 2.72. The Bertz CT molecular complexity index is 662. The first-order valence-electron chi connectivity index (χ1n) is 5.64. The predicted octanol–water partition coefficient (Wildman–Crippen LogP) is 2.99. The van der Waals surface area contributed by atoms with Crippen LogP contribution in [0.1, 0.15) is 5.56 Å². The topological polar surface area (TPSA) is 61.3 Å². The fourth-order valence-electron chi connectivity index (χ4n) is 1.77. The van der Waals surface area contributed by atoms with Gasteiger partial charge in [-0.05, 0) is 17.7 Å². The maximum Gasteiger partial charge on any atom is 0.174 e. The van der Waals surface area contributed by atoms with E-state index in [1.165, 1.54) is 0 Å². The minimum absolute atomic E-state index is 0.402. The molecule has 18 heavy (non-hydrogen) atoms. The van der Waals surface area contributed by atoms with Crippen molar-refractivity contribution in [3.05, 3.63) is 54.1 Å². The maximum atomic E-state index is 5.68. The Hall–Kier alpha value is -2.49. The molecule has 3 aromatic rings. The van der Waals surface area contributed by atoms with Crippen molar-refractivity contribution < 1.29 is 9.26 Å². The van der Waals surface area contributed by atoms with Crippen LogP contribution in [0.25, 0.3) is 11.0 Å². The number of benzene rings is 2. The standard InChI is InChI=1S/C14H12N2O2/c15-14-12-7-6-11(8-13(12)18-16-14)17-9-10-4-2-1-3-5-10/h1-8H,9H2,(H2,15,16). The molecule has 4 nitrogen and oxygen atoms in total. The highest BCUT2D eigenvalue weighted by Gasteiger charge is 2.06. The van der Waals surface area contributed by atoms with Crippen LogP contribution in [-0.4, -0.2) is 5.16 Å². The zero-order chi connectivity index (χ0) is 12.4. The summed E-state index contributed by atoms with van der Waals surface area (Å²) in [4.78, 5) is 0. The van der Waals surface area contributed by atoms with Gasteiger partial charge in [-0.25, -0.2) is 0 Å². The molecule has 90 valence electrons. The summed E-state index contributed by atoms with van der Waals surface area (Å²) in [7, 11) is 0. The normalized spacial score (nSPS) is 10.7. The van der Waals surface area contributed by atoms with E-state index in [1.54, 1.807) is 6.07 Å². The molecule has 0 saturated heterocycles. The summed E-state index contributed by atoms with van der Waals surface area (Å²) in [6.45, 7) is 0.524. The van der Waals surface area contributed by atoms with Gasteiger partial charge in [-0.1, -0.05) is 35.5 Å². The number of aromatic nitrogens is 1. The van der Waals surface area contributed by atoms with Crippen LogP contribution in [0, 0.1) is 0 Å². The number of hydrogen-bond donors (Lipinski definition) is 1. The average molecular weight is 240 g/mol. The first kappa shape index (κ1) is 10.7. The zero-order valence-corrected chi connectivity index (χ0v) is 9.67. The lowest BCUT2D eigenvalue weighted by molar-refractivity contribution is 0.306. The van der Waals surface area contributed by atoms with Gasteiger partial charge in [-0.3, -0.25) is 0 Å². The lowest BCUT2D eigenvalue weighted by atomic mass is 10.2. The molecule has 1 aromatic heterocycles. The van der Waals surface area contributed by atoms with Gasteiger partial charge in [-0.15, -0.1) is 0 Å². The minimum atomic E-state index is 0.402. The largest absolute Gasteiger partial charge is 0.489 e. The molecule has 4 heteroatoms. The molecule has 0 saturated carbocycles. The molecule has 2 N–H and O–H groups in total. The van der Waals surface area contributed by atoms with Gasteiger partial charge < -0.3 is 15.0 Å². The molecule has 0 aliphatic carbocycles. The number of fused-ring (bicyclic) bond motifs is 1. The molecule has 0 fully saturated rings. The first-order valence-corrected chi connectivity index (χ1v) is 5.64. The van der Waals surface area contributed by atoms with Gasteiger partial charge >= 0.3 is 0 Å². The van der Waals surface area contributed by atoms with E-state index in [1.807, 2.05) is 42.5 Å². The van der Waals surface area contributed by atoms with Crippen molar-refractivity contribution in [1.29, 1.82) is 0 Å². The van der Waals surface area contributed by atoms with Crippen LogP contribution >= 0.6 is 0 Å². The second-order valence-electron chi connectivity index (χ2n) is 4.00. The molecule has 0 bridgehead atoms. The van der Waals surface area contributed by atoms with Crippen molar-refractivity contribution in [2.75, 3.05) is 5.73 Å². The lowest BCUT2D eigenvalue weighted by Crippen LogP contribution is -1.94. The van der Waals surface area contributed by atoms with E-state index in [0.717, 1.165) is 16.7 Å². The summed E-state index contributed by atoms with van der Waals surface area (Å²) in [5.41, 5.74) is 7.40. The smallest absolute Gasteiger partial charge is 0.174 e. The van der Waals surface area contributed by atoms with Crippen LogP contribution in [0.5, 0.6) is 5.75 Å². The van der Waals surface area contributed by atoms with Crippen LogP contribution in [0.15, 0.2) is 53.1 Å². The van der Waals surface area contributed by atoms with Gasteiger partial charge in [-0.2, -0.15) is 0 Å². The van der Waals surface area contributed by atoms with Gasteiger partial charge in [0.2, 0.25) is 0 Å². The van der Waals surface area contributed by atoms with Crippen molar-refractivity contribution in [3.8, 4) is 5.75 Å². The quantitative estimate of drug-likeness (QED) is 0.764. The van der Waals surface area contributed by atoms with Gasteiger partial charge in [0.1, 0.15) is 12.4 Å². The van der Waals surface area contributed by atoms with E-state index in [4.69, 9.17) is 15.0 Å². The second kappa shape index (κ2) is 4.41. The van der Waals surface area contributed by atoms with Crippen molar-refractivity contribution >= 4 is 16.8 Å². The number of rotatable bonds is 3. The van der Waals surface area contributed by atoms with Crippen molar-refractivity contribution in [2.45, 2.75) is 6.61 Å². The monoisotopic (exact) mass is 240 g/mol. The number of hydrogen-bond acceptors (Lipinski definition) is 4. The second-order valence-corrected chi connectivity index (χ2v) is 4.00. The van der Waals surface area contributed by atoms with Crippen LogP contribution in [0.3, 0.4) is 0 Å². The Balaban J connectivity index is 1.79. The number of anilines is 1. The van der Waals surface area contributed by atoms with Gasteiger partial charge in [0.05, 0.1) is 5.39 Å². The number of nitrogens with zero attached hydrogens (tertiary/aromatic N) is 1. The van der Waals surface area contributed by atoms with Crippen molar-refractivity contribution in [3.63, 3.8) is 0 Å². The SMILES string of the molecule is Nc1noc2cc(OCc3ccccc3)ccc12. The van der Waals surface area contributed by atoms with E-state index in [-0.39, 0.29) is 0 Å². The molecular weight excluding hydrogens is 228 g/mol. The highest BCUT2D eigenvalue weighted by molar-refractivity contribution is 5.87. The summed E-state index contributed by atoms with van der Waals surface area (Å²) in [5.74, 6) is 1.14. The third kappa shape index (κ3) is 2.00. The van der Waals surface area contributed by atoms with Crippen LogP contribution < -0.4 is 10.5 Å². The number of ether oxygens (including phenoxy) is 1. The van der Waals surface area contributed by atoms with Gasteiger partial charge in [0, 0.05) is 6.07 Å². The Morgan fingerprint density at radius 1 is 1.11 bits per heavy atom. The molecule has 0 amide bonds. The molecule has 0 aliphatic rings. The van der Waals surface area contributed by atoms with E-state index >= 15 is 0 Å². The zero-order valence-electron chi connectivity index (χ0n) is 9.67. The number of nitrogens with two attached hydrogens (primary N) is 1. The predicted molar refractivity (Wildman–Crippen MR) is 69.2 cm³/mol. The Labute approximate surface area is 104 Å². The summed E-state index contributed by atoms with van der Waals surface area (Å²) in [5, 5.41) is 4.51. The highest BCUT2D eigenvalue weighted by Crippen LogP contribution is 2.25. The van der Waals surface area contributed by atoms with Gasteiger partial charge in [0.25, 0.3) is 0 Å². The Morgan fingerprint density at radius 3 is 2.78 bits per heavy atom. The van der Waals surface area contributed by atoms with Crippen molar-refractivity contribution in [2.24, 2.45) is 0 Å². The summed E-state index contributed by atoms with van der Waals surface area (Å²) in [6, 6.07) is 15.5. The molecule has 3 rings (SSSR count). The fourth-order valence-corrected chi connectivity index (χ4v) is 1.77. The fraction of sp³-hybridized carbons (Fsp3) is 0.0714. The molecular formula is C14H12N2O2. The molecule has 1 heterocycles.